The summed E-state index contributed by atoms with van der Waals surface area (Å²) in [4.78, 5) is 82.9. The molecule has 15 nitrogen and oxygen atoms in total. The van der Waals surface area contributed by atoms with E-state index in [4.69, 9.17) is 23.7 Å². The molecule has 1 saturated heterocycles. The lowest BCUT2D eigenvalue weighted by atomic mass is 9.44. The minimum absolute atomic E-state index is 0.00140. The first kappa shape index (κ1) is 44.3. The van der Waals surface area contributed by atoms with Crippen molar-refractivity contribution in [2.75, 3.05) is 6.61 Å². The Kier molecular flexibility index (Phi) is 12.1. The number of aliphatic hydroxyl groups excluding tert-OH is 2. The fraction of sp³-hybridized carbons (Fsp3) is 0.511. The van der Waals surface area contributed by atoms with Gasteiger partial charge in [-0.15, -0.1) is 0 Å². The number of fused-ring (bicyclic) bond motifs is 5. The number of aliphatic hydroxyl groups is 3. The van der Waals surface area contributed by atoms with Crippen molar-refractivity contribution >= 4 is 35.6 Å². The topological polar surface area (TPSA) is 221 Å². The minimum atomic E-state index is -2.38. The van der Waals surface area contributed by atoms with Gasteiger partial charge in [-0.2, -0.15) is 0 Å². The second kappa shape index (κ2) is 16.3. The molecule has 4 N–H and O–H groups in total. The lowest BCUT2D eigenvalue weighted by molar-refractivity contribution is -0.346. The molecule has 0 unspecified atom stereocenters. The van der Waals surface area contributed by atoms with Crippen LogP contribution in [-0.2, 0) is 47.7 Å². The fourth-order valence-corrected chi connectivity index (χ4v) is 9.75. The van der Waals surface area contributed by atoms with Gasteiger partial charge in [0.05, 0.1) is 35.6 Å². The van der Waals surface area contributed by atoms with Crippen LogP contribution in [0.15, 0.2) is 83.5 Å². The molecule has 6 rings (SSSR count). The number of hydrogen-bond donors (Lipinski definition) is 4. The summed E-state index contributed by atoms with van der Waals surface area (Å²) in [6.45, 7) is 11.2. The van der Waals surface area contributed by atoms with Crippen LogP contribution in [0.4, 0.5) is 0 Å². The highest BCUT2D eigenvalue weighted by Gasteiger charge is 2.78. The number of ketones is 1. The van der Waals surface area contributed by atoms with Crippen LogP contribution in [0.2, 0.25) is 0 Å². The highest BCUT2D eigenvalue weighted by Crippen LogP contribution is 2.64. The maximum absolute atomic E-state index is 15.4. The summed E-state index contributed by atoms with van der Waals surface area (Å²) in [6, 6.07) is 14.8. The van der Waals surface area contributed by atoms with Gasteiger partial charge in [0.15, 0.2) is 23.6 Å². The minimum Gasteiger partial charge on any atom is -0.456 e. The van der Waals surface area contributed by atoms with Gasteiger partial charge in [-0.05, 0) is 56.5 Å². The predicted molar refractivity (Wildman–Crippen MR) is 211 cm³/mol. The van der Waals surface area contributed by atoms with Gasteiger partial charge in [-0.1, -0.05) is 68.5 Å². The number of allylic oxidation sites excluding steroid dienone is 1. The van der Waals surface area contributed by atoms with Gasteiger partial charge < -0.3 is 44.3 Å². The van der Waals surface area contributed by atoms with Crippen molar-refractivity contribution in [3.8, 4) is 0 Å². The van der Waals surface area contributed by atoms with Gasteiger partial charge in [0.1, 0.15) is 23.9 Å². The van der Waals surface area contributed by atoms with Crippen LogP contribution in [0.5, 0.6) is 0 Å². The number of carbonyl (C=O) groups excluding carboxylic acids is 6. The van der Waals surface area contributed by atoms with E-state index in [-0.39, 0.29) is 29.7 Å². The number of ether oxygens (including phenoxy) is 5. The largest absolute Gasteiger partial charge is 0.456 e. The Labute approximate surface area is 348 Å². The average molecular weight is 832 g/mol. The van der Waals surface area contributed by atoms with E-state index in [0.717, 1.165) is 13.8 Å². The number of nitrogens with one attached hydrogen (secondary N) is 1. The van der Waals surface area contributed by atoms with E-state index in [1.165, 1.54) is 26.0 Å². The van der Waals surface area contributed by atoms with E-state index in [2.05, 4.69) is 5.32 Å². The van der Waals surface area contributed by atoms with Crippen molar-refractivity contribution in [2.24, 2.45) is 16.7 Å². The molecule has 0 radical (unpaired) electrons. The molecule has 2 saturated carbocycles. The molecule has 0 spiro atoms. The zero-order chi connectivity index (χ0) is 44.1. The summed E-state index contributed by atoms with van der Waals surface area (Å²) in [5.74, 6) is -6.78. The van der Waals surface area contributed by atoms with Crippen LogP contribution in [0.1, 0.15) is 90.2 Å². The predicted octanol–water partition coefficient (Wildman–Crippen LogP) is 3.39. The van der Waals surface area contributed by atoms with Crippen molar-refractivity contribution in [1.29, 1.82) is 0 Å². The van der Waals surface area contributed by atoms with Crippen molar-refractivity contribution in [3.05, 3.63) is 94.6 Å². The molecule has 1 heterocycles. The maximum atomic E-state index is 15.4. The lowest BCUT2D eigenvalue weighted by Crippen LogP contribution is -2.82. The molecule has 15 heteroatoms. The van der Waals surface area contributed by atoms with Crippen LogP contribution in [0.25, 0.3) is 0 Å². The number of esters is 4. The smallest absolute Gasteiger partial charge is 0.338 e. The van der Waals surface area contributed by atoms with Gasteiger partial charge in [0.25, 0.3) is 0 Å². The van der Waals surface area contributed by atoms with Gasteiger partial charge in [0.2, 0.25) is 5.91 Å². The third-order valence-electron chi connectivity index (χ3n) is 13.2. The van der Waals surface area contributed by atoms with Gasteiger partial charge in [-0.25, -0.2) is 9.59 Å². The van der Waals surface area contributed by atoms with E-state index in [1.54, 1.807) is 82.3 Å². The molecule has 3 fully saturated rings. The normalized spacial score (nSPS) is 32.9. The Bertz CT molecular complexity index is 2110. The molecule has 3 aliphatic carbocycles. The van der Waals surface area contributed by atoms with E-state index in [0.29, 0.717) is 11.1 Å². The van der Waals surface area contributed by atoms with Crippen LogP contribution in [0.3, 0.4) is 0 Å². The summed E-state index contributed by atoms with van der Waals surface area (Å²) in [6.07, 6.45) is -8.88. The summed E-state index contributed by atoms with van der Waals surface area (Å²) < 4.78 is 30.2. The Hall–Kier alpha value is -5.22. The fourth-order valence-electron chi connectivity index (χ4n) is 9.75. The first-order valence-electron chi connectivity index (χ1n) is 19.9. The van der Waals surface area contributed by atoms with E-state index in [9.17, 15) is 39.3 Å². The Morgan fingerprint density at radius 2 is 1.53 bits per heavy atom. The molecule has 11 atom stereocenters. The van der Waals surface area contributed by atoms with E-state index < -0.39 is 113 Å². The number of hydrogen-bond acceptors (Lipinski definition) is 14. The molecule has 2 aromatic carbocycles. The highest BCUT2D eigenvalue weighted by atomic mass is 16.6. The molecular formula is C45H53NO14. The van der Waals surface area contributed by atoms with Crippen LogP contribution in [-0.4, -0.2) is 105 Å². The Balaban J connectivity index is 1.56. The standard InChI is InChI=1S/C45H53NO14/c1-9-23(2)39(52)46-33(27-16-12-10-13-17-27)34(50)41(54)58-29-21-45(55)38(59-40(53)28-18-14-11-15-19-28)36-43(8,30(49)20-31-44(36,22-56-31)60-26(5)48)37(51)35(57-25(4)47)32(24(29)3)42(45,6)7/h9-19,29-31,33-36,38,49-50,55H,20-22H2,1-8H3,(H,46,52)/b23-9+/t29-,30+,31+,33+,34-,35-,36+,38+,43-,44+,45+/m1/s1. The number of Topliss-reactive ketones (excluding diaryl/α,β-unsaturated/α-hetero) is 1. The molecule has 2 aromatic rings. The lowest BCUT2D eigenvalue weighted by Gasteiger charge is -2.67. The van der Waals surface area contributed by atoms with Gasteiger partial charge in [0, 0.05) is 37.7 Å². The molecule has 1 amide bonds. The van der Waals surface area contributed by atoms with Crippen molar-refractivity contribution < 1.29 is 67.8 Å². The van der Waals surface area contributed by atoms with Crippen LogP contribution < -0.4 is 5.32 Å². The maximum Gasteiger partial charge on any atom is 0.338 e. The monoisotopic (exact) mass is 831 g/mol. The molecule has 60 heavy (non-hydrogen) atoms. The number of carbonyl (C=O) groups is 6. The van der Waals surface area contributed by atoms with Crippen LogP contribution >= 0.6 is 0 Å². The zero-order valence-corrected chi connectivity index (χ0v) is 34.9. The van der Waals surface area contributed by atoms with Crippen molar-refractivity contribution in [1.82, 2.24) is 5.32 Å². The molecular weight excluding hydrogens is 778 g/mol. The summed E-state index contributed by atoms with van der Waals surface area (Å²) in [7, 11) is 0. The zero-order valence-electron chi connectivity index (χ0n) is 34.9. The third kappa shape index (κ3) is 7.24. The molecule has 1 aliphatic heterocycles. The molecule has 4 aliphatic rings. The average Bonchev–Trinajstić information content (AvgIpc) is 3.20. The first-order chi connectivity index (χ1) is 28.1. The summed E-state index contributed by atoms with van der Waals surface area (Å²) in [5, 5.41) is 40.0. The summed E-state index contributed by atoms with van der Waals surface area (Å²) >= 11 is 0. The van der Waals surface area contributed by atoms with Gasteiger partial charge >= 0.3 is 23.9 Å². The van der Waals surface area contributed by atoms with E-state index in [1.807, 2.05) is 0 Å². The number of benzene rings is 2. The second-order valence-corrected chi connectivity index (χ2v) is 17.0. The van der Waals surface area contributed by atoms with Crippen LogP contribution in [0, 0.1) is 16.7 Å². The van der Waals surface area contributed by atoms with Crippen molar-refractivity contribution in [3.63, 3.8) is 0 Å². The quantitative estimate of drug-likeness (QED) is 0.117. The number of amides is 1. The highest BCUT2D eigenvalue weighted by molar-refractivity contribution is 5.96. The van der Waals surface area contributed by atoms with Crippen molar-refractivity contribution in [2.45, 2.75) is 122 Å². The third-order valence-corrected chi connectivity index (χ3v) is 13.2. The summed E-state index contributed by atoms with van der Waals surface area (Å²) in [5.41, 5.74) is -6.91. The Morgan fingerprint density at radius 3 is 2.08 bits per heavy atom. The second-order valence-electron chi connectivity index (χ2n) is 17.0. The van der Waals surface area contributed by atoms with Gasteiger partial charge in [-0.3, -0.25) is 19.2 Å². The van der Waals surface area contributed by atoms with E-state index >= 15 is 4.79 Å². The Morgan fingerprint density at radius 1 is 0.917 bits per heavy atom. The first-order valence-corrected chi connectivity index (χ1v) is 19.9. The molecule has 322 valence electrons. The molecule has 2 bridgehead atoms. The molecule has 0 aromatic heterocycles. The SMILES string of the molecule is C/C=C(\C)C(=O)N[C@@H](c1ccccc1)[C@@H](O)C(=O)O[C@@H]1C[C@]2(O)[C@@H](OC(=O)c3ccccc3)[C@@H]3[C@]4(OC(C)=O)CO[C@H]4C[C@H](O)[C@@]3(C)C(=O)[C@H](OC(C)=O)C(=C1C)C2(C)C. The number of rotatable bonds is 10.